The van der Waals surface area contributed by atoms with Crippen molar-refractivity contribution in [2.75, 3.05) is 0 Å². The van der Waals surface area contributed by atoms with Gasteiger partial charge in [-0.25, -0.2) is 10.2 Å². The molecule has 2 amide bonds. The Kier molecular flexibility index (Phi) is 4.12. The third-order valence-corrected chi connectivity index (χ3v) is 2.92. The zero-order chi connectivity index (χ0) is 12.8. The summed E-state index contributed by atoms with van der Waals surface area (Å²) in [6.45, 7) is 0. The van der Waals surface area contributed by atoms with E-state index in [0.717, 1.165) is 37.0 Å². The van der Waals surface area contributed by atoms with Crippen LogP contribution in [0.15, 0.2) is 41.0 Å². The molecule has 0 unspecified atom stereocenters. The molecular weight excluding hydrogens is 226 g/mol. The van der Waals surface area contributed by atoms with Crippen molar-refractivity contribution in [1.29, 1.82) is 0 Å². The Labute approximate surface area is 107 Å². The number of nitrogens with one attached hydrogen (secondary N) is 1. The van der Waals surface area contributed by atoms with Gasteiger partial charge in [-0.3, -0.25) is 0 Å². The molecule has 3 N–H and O–H groups in total. The van der Waals surface area contributed by atoms with E-state index in [2.05, 4.69) is 28.7 Å². The van der Waals surface area contributed by atoms with E-state index in [0.29, 0.717) is 0 Å². The Balaban J connectivity index is 2.20. The summed E-state index contributed by atoms with van der Waals surface area (Å²) in [6, 6.07) is 9.50. The molecule has 4 nitrogen and oxygen atoms in total. The summed E-state index contributed by atoms with van der Waals surface area (Å²) < 4.78 is 0. The van der Waals surface area contributed by atoms with Crippen LogP contribution in [0.25, 0.3) is 6.08 Å². The summed E-state index contributed by atoms with van der Waals surface area (Å²) >= 11 is 0. The van der Waals surface area contributed by atoms with Crippen LogP contribution in [0, 0.1) is 0 Å². The van der Waals surface area contributed by atoms with Crippen molar-refractivity contribution in [2.24, 2.45) is 10.8 Å². The number of hydrogen-bond donors (Lipinski definition) is 2. The van der Waals surface area contributed by atoms with Crippen molar-refractivity contribution in [3.05, 3.63) is 41.5 Å². The van der Waals surface area contributed by atoms with E-state index >= 15 is 0 Å². The van der Waals surface area contributed by atoms with Crippen molar-refractivity contribution in [3.63, 3.8) is 0 Å². The minimum Gasteiger partial charge on any atom is -0.350 e. The standard InChI is InChI=1S/C14H17N3O/c15-14(18)17-16-13-9-5-4-8-12(13)10-11-6-2-1-3-7-11/h1-3,6-7,10H,4-5,8-9H2,(H3,15,17,18)/b12-10-,16-13+. The highest BCUT2D eigenvalue weighted by atomic mass is 16.2. The summed E-state index contributed by atoms with van der Waals surface area (Å²) in [5, 5.41) is 4.08. The second kappa shape index (κ2) is 6.00. The second-order valence-electron chi connectivity index (χ2n) is 4.32. The first-order valence-electron chi connectivity index (χ1n) is 6.14. The van der Waals surface area contributed by atoms with Gasteiger partial charge >= 0.3 is 6.03 Å². The molecule has 2 rings (SSSR count). The minimum absolute atomic E-state index is 0.618. The Morgan fingerprint density at radius 1 is 1.22 bits per heavy atom. The number of carbonyl (C=O) groups is 1. The molecule has 0 aliphatic heterocycles. The predicted molar refractivity (Wildman–Crippen MR) is 73.0 cm³/mol. The van der Waals surface area contributed by atoms with Gasteiger partial charge in [0.1, 0.15) is 0 Å². The molecule has 0 radical (unpaired) electrons. The van der Waals surface area contributed by atoms with Gasteiger partial charge in [-0.1, -0.05) is 30.3 Å². The molecule has 0 bridgehead atoms. The van der Waals surface area contributed by atoms with E-state index in [9.17, 15) is 4.79 Å². The lowest BCUT2D eigenvalue weighted by atomic mass is 9.91. The number of nitrogens with zero attached hydrogens (tertiary/aromatic N) is 1. The lowest BCUT2D eigenvalue weighted by molar-refractivity contribution is 0.249. The van der Waals surface area contributed by atoms with Crippen LogP contribution in [0.2, 0.25) is 0 Å². The molecule has 4 heteroatoms. The molecule has 1 saturated carbocycles. The third kappa shape index (κ3) is 3.45. The molecule has 1 aromatic carbocycles. The predicted octanol–water partition coefficient (Wildman–Crippen LogP) is 2.67. The molecule has 0 saturated heterocycles. The van der Waals surface area contributed by atoms with Gasteiger partial charge in [-0.15, -0.1) is 0 Å². The van der Waals surface area contributed by atoms with E-state index < -0.39 is 6.03 Å². The number of rotatable bonds is 2. The Bertz CT molecular complexity index is 477. The van der Waals surface area contributed by atoms with Crippen LogP contribution in [0.5, 0.6) is 0 Å². The number of allylic oxidation sites excluding steroid dienone is 1. The van der Waals surface area contributed by atoms with Gasteiger partial charge in [0.05, 0.1) is 5.71 Å². The summed E-state index contributed by atoms with van der Waals surface area (Å²) in [4.78, 5) is 10.7. The molecule has 0 spiro atoms. The van der Waals surface area contributed by atoms with Crippen molar-refractivity contribution < 1.29 is 4.79 Å². The number of hydrogen-bond acceptors (Lipinski definition) is 2. The first kappa shape index (κ1) is 12.4. The van der Waals surface area contributed by atoms with Crippen LogP contribution < -0.4 is 11.2 Å². The molecule has 1 fully saturated rings. The summed E-state index contributed by atoms with van der Waals surface area (Å²) in [6.07, 6.45) is 6.27. The van der Waals surface area contributed by atoms with E-state index in [1.54, 1.807) is 0 Å². The topological polar surface area (TPSA) is 67.5 Å². The van der Waals surface area contributed by atoms with E-state index in [1.165, 1.54) is 5.57 Å². The number of carbonyl (C=O) groups excluding carboxylic acids is 1. The number of urea groups is 1. The fourth-order valence-electron chi connectivity index (χ4n) is 2.07. The Morgan fingerprint density at radius 3 is 2.67 bits per heavy atom. The SMILES string of the molecule is NC(=O)N/N=C1\CCCC\C1=C\c1ccccc1. The van der Waals surface area contributed by atoms with Crippen LogP contribution in [0.4, 0.5) is 4.79 Å². The first-order chi connectivity index (χ1) is 8.75. The molecule has 0 heterocycles. The molecule has 94 valence electrons. The number of benzene rings is 1. The fraction of sp³-hybridized carbons (Fsp3) is 0.286. The smallest absolute Gasteiger partial charge is 0.332 e. The maximum Gasteiger partial charge on any atom is 0.332 e. The van der Waals surface area contributed by atoms with Crippen LogP contribution in [0.1, 0.15) is 31.2 Å². The van der Waals surface area contributed by atoms with Gasteiger partial charge < -0.3 is 5.73 Å². The second-order valence-corrected chi connectivity index (χ2v) is 4.32. The highest BCUT2D eigenvalue weighted by Crippen LogP contribution is 2.23. The quantitative estimate of drug-likeness (QED) is 0.770. The monoisotopic (exact) mass is 243 g/mol. The van der Waals surface area contributed by atoms with E-state index in [4.69, 9.17) is 5.73 Å². The van der Waals surface area contributed by atoms with Crippen molar-refractivity contribution in [3.8, 4) is 0 Å². The first-order valence-corrected chi connectivity index (χ1v) is 6.14. The average Bonchev–Trinajstić information content (AvgIpc) is 2.39. The largest absolute Gasteiger partial charge is 0.350 e. The molecule has 1 aliphatic rings. The Hall–Kier alpha value is -2.10. The molecule has 1 aromatic rings. The lowest BCUT2D eigenvalue weighted by Crippen LogP contribution is -2.26. The van der Waals surface area contributed by atoms with Crippen LogP contribution in [-0.4, -0.2) is 11.7 Å². The van der Waals surface area contributed by atoms with Gasteiger partial charge in [0.15, 0.2) is 0 Å². The summed E-state index contributed by atoms with van der Waals surface area (Å²) in [5.41, 5.74) is 10.6. The van der Waals surface area contributed by atoms with Gasteiger partial charge in [-0.2, -0.15) is 5.10 Å². The fourth-order valence-corrected chi connectivity index (χ4v) is 2.07. The van der Waals surface area contributed by atoms with Crippen molar-refractivity contribution >= 4 is 17.8 Å². The van der Waals surface area contributed by atoms with E-state index in [-0.39, 0.29) is 0 Å². The van der Waals surface area contributed by atoms with Crippen LogP contribution in [0.3, 0.4) is 0 Å². The van der Waals surface area contributed by atoms with Gasteiger partial charge in [-0.05, 0) is 42.9 Å². The number of amides is 2. The summed E-state index contributed by atoms with van der Waals surface area (Å²) in [5.74, 6) is 0. The molecular formula is C14H17N3O. The van der Waals surface area contributed by atoms with Crippen LogP contribution >= 0.6 is 0 Å². The Morgan fingerprint density at radius 2 is 1.94 bits per heavy atom. The lowest BCUT2D eigenvalue weighted by Gasteiger charge is -2.16. The maximum atomic E-state index is 10.7. The minimum atomic E-state index is -0.618. The van der Waals surface area contributed by atoms with Gasteiger partial charge in [0.2, 0.25) is 0 Å². The number of nitrogens with two attached hydrogens (primary N) is 1. The van der Waals surface area contributed by atoms with Gasteiger partial charge in [0.25, 0.3) is 0 Å². The van der Waals surface area contributed by atoms with Crippen molar-refractivity contribution in [2.45, 2.75) is 25.7 Å². The molecule has 18 heavy (non-hydrogen) atoms. The van der Waals surface area contributed by atoms with Crippen LogP contribution in [-0.2, 0) is 0 Å². The zero-order valence-electron chi connectivity index (χ0n) is 10.2. The van der Waals surface area contributed by atoms with Gasteiger partial charge in [0, 0.05) is 0 Å². The number of primary amides is 1. The maximum absolute atomic E-state index is 10.7. The highest BCUT2D eigenvalue weighted by molar-refractivity contribution is 6.04. The highest BCUT2D eigenvalue weighted by Gasteiger charge is 2.13. The molecule has 0 atom stereocenters. The molecule has 0 aromatic heterocycles. The third-order valence-electron chi connectivity index (χ3n) is 2.92. The average molecular weight is 243 g/mol. The van der Waals surface area contributed by atoms with E-state index in [1.807, 2.05) is 18.2 Å². The normalized spacial score (nSPS) is 20.0. The zero-order valence-corrected chi connectivity index (χ0v) is 10.2. The summed E-state index contributed by atoms with van der Waals surface area (Å²) in [7, 11) is 0. The number of hydrazone groups is 1. The molecule has 1 aliphatic carbocycles. The van der Waals surface area contributed by atoms with Crippen molar-refractivity contribution in [1.82, 2.24) is 5.43 Å².